The summed E-state index contributed by atoms with van der Waals surface area (Å²) in [6.45, 7) is 3.63. The van der Waals surface area contributed by atoms with Crippen molar-refractivity contribution in [3.8, 4) is 6.07 Å². The van der Waals surface area contributed by atoms with Crippen molar-refractivity contribution in [3.05, 3.63) is 24.3 Å². The van der Waals surface area contributed by atoms with Gasteiger partial charge in [-0.15, -0.1) is 0 Å². The Bertz CT molecular complexity index is 687. The highest BCUT2D eigenvalue weighted by Gasteiger charge is 2.26. The zero-order valence-electron chi connectivity index (χ0n) is 12.0. The van der Waals surface area contributed by atoms with E-state index in [2.05, 4.69) is 4.72 Å². The molecular weight excluding hydrogens is 290 g/mol. The largest absolute Gasteiger partial charge is 0.312 e. The molecule has 112 valence electrons. The van der Waals surface area contributed by atoms with Gasteiger partial charge in [-0.3, -0.25) is 4.79 Å². The summed E-state index contributed by atoms with van der Waals surface area (Å²) < 4.78 is 26.6. The first kappa shape index (κ1) is 15.5. The summed E-state index contributed by atoms with van der Waals surface area (Å²) in [6.07, 6.45) is 1.34. The molecule has 0 unspecified atom stereocenters. The molecule has 7 heteroatoms. The lowest BCUT2D eigenvalue weighted by atomic mass is 10.1. The molecule has 1 aromatic carbocycles. The fraction of sp³-hybridized carbons (Fsp3) is 0.429. The number of anilines is 1. The van der Waals surface area contributed by atoms with Crippen LogP contribution in [0.3, 0.4) is 0 Å². The molecule has 0 atom stereocenters. The highest BCUT2D eigenvalue weighted by molar-refractivity contribution is 7.89. The van der Waals surface area contributed by atoms with Gasteiger partial charge < -0.3 is 4.90 Å². The molecule has 1 amide bonds. The number of hydrogen-bond acceptors (Lipinski definition) is 4. The third-order valence-corrected chi connectivity index (χ3v) is 4.87. The second-order valence-corrected chi connectivity index (χ2v) is 7.17. The first-order valence-corrected chi connectivity index (χ1v) is 8.09. The number of nitrogens with one attached hydrogen (secondary N) is 1. The average molecular weight is 307 g/mol. The van der Waals surface area contributed by atoms with Crippen LogP contribution in [0.4, 0.5) is 5.69 Å². The molecule has 0 aromatic heterocycles. The Kier molecular flexibility index (Phi) is 4.03. The second kappa shape index (κ2) is 5.47. The Hall–Kier alpha value is -1.91. The molecule has 0 aliphatic carbocycles. The predicted octanol–water partition coefficient (Wildman–Crippen LogP) is 1.39. The van der Waals surface area contributed by atoms with Gasteiger partial charge in [0.05, 0.1) is 11.0 Å². The van der Waals surface area contributed by atoms with E-state index in [1.54, 1.807) is 17.0 Å². The normalized spacial score (nSPS) is 16.0. The summed E-state index contributed by atoms with van der Waals surface area (Å²) >= 11 is 0. The van der Waals surface area contributed by atoms with E-state index in [0.29, 0.717) is 18.7 Å². The fourth-order valence-corrected chi connectivity index (χ4v) is 3.47. The van der Waals surface area contributed by atoms with Crippen molar-refractivity contribution in [2.75, 3.05) is 11.4 Å². The number of nitrogens with zero attached hydrogens (tertiary/aromatic N) is 2. The number of amides is 1. The molecule has 21 heavy (non-hydrogen) atoms. The van der Waals surface area contributed by atoms with Crippen LogP contribution in [0.15, 0.2) is 29.2 Å². The number of hydrogen-bond donors (Lipinski definition) is 1. The lowest BCUT2D eigenvalue weighted by Gasteiger charge is -2.19. The number of nitriles is 1. The summed E-state index contributed by atoms with van der Waals surface area (Å²) in [4.78, 5) is 13.4. The van der Waals surface area contributed by atoms with Crippen molar-refractivity contribution < 1.29 is 13.2 Å². The van der Waals surface area contributed by atoms with E-state index >= 15 is 0 Å². The summed E-state index contributed by atoms with van der Waals surface area (Å²) in [7, 11) is -3.76. The molecule has 0 spiro atoms. The molecule has 1 N–H and O–H groups in total. The van der Waals surface area contributed by atoms with Gasteiger partial charge in [-0.2, -0.15) is 9.98 Å². The Labute approximate surface area is 124 Å². The smallest absolute Gasteiger partial charge is 0.241 e. The second-order valence-electron chi connectivity index (χ2n) is 5.49. The topological polar surface area (TPSA) is 90.3 Å². The van der Waals surface area contributed by atoms with E-state index in [0.717, 1.165) is 6.42 Å². The van der Waals surface area contributed by atoms with Gasteiger partial charge in [-0.1, -0.05) is 0 Å². The van der Waals surface area contributed by atoms with Crippen LogP contribution in [0.5, 0.6) is 0 Å². The lowest BCUT2D eigenvalue weighted by molar-refractivity contribution is -0.117. The number of benzene rings is 1. The molecular formula is C14H17N3O3S. The van der Waals surface area contributed by atoms with Gasteiger partial charge >= 0.3 is 0 Å². The minimum absolute atomic E-state index is 0.0503. The fourth-order valence-electron chi connectivity index (χ4n) is 2.14. The molecule has 2 rings (SSSR count). The molecule has 0 saturated carbocycles. The molecule has 1 aliphatic heterocycles. The molecule has 1 heterocycles. The average Bonchev–Trinajstić information content (AvgIpc) is 2.84. The van der Waals surface area contributed by atoms with Crippen LogP contribution in [0, 0.1) is 11.3 Å². The van der Waals surface area contributed by atoms with Crippen LogP contribution < -0.4 is 9.62 Å². The standard InChI is InChI=1S/C14H17N3O3S/c1-14(2,10-15)16-21(19,20)12-7-5-11(6-8-12)17-9-3-4-13(17)18/h5-8,16H,3-4,9H2,1-2H3. The molecule has 1 fully saturated rings. The van der Waals surface area contributed by atoms with Gasteiger partial charge in [0, 0.05) is 18.7 Å². The van der Waals surface area contributed by atoms with E-state index in [-0.39, 0.29) is 10.8 Å². The highest BCUT2D eigenvalue weighted by Crippen LogP contribution is 2.23. The minimum atomic E-state index is -3.76. The maximum absolute atomic E-state index is 12.2. The monoisotopic (exact) mass is 307 g/mol. The zero-order chi connectivity index (χ0) is 15.7. The summed E-state index contributed by atoms with van der Waals surface area (Å²) in [5, 5.41) is 8.90. The quantitative estimate of drug-likeness (QED) is 0.910. The Morgan fingerprint density at radius 3 is 2.38 bits per heavy atom. The number of rotatable bonds is 4. The van der Waals surface area contributed by atoms with Gasteiger partial charge in [0.25, 0.3) is 0 Å². The van der Waals surface area contributed by atoms with Crippen LogP contribution in [-0.4, -0.2) is 26.4 Å². The number of carbonyl (C=O) groups is 1. The van der Waals surface area contributed by atoms with Crippen LogP contribution in [-0.2, 0) is 14.8 Å². The van der Waals surface area contributed by atoms with E-state index in [1.807, 2.05) is 6.07 Å². The van der Waals surface area contributed by atoms with Crippen molar-refractivity contribution in [1.29, 1.82) is 5.26 Å². The third kappa shape index (κ3) is 3.40. The van der Waals surface area contributed by atoms with Gasteiger partial charge in [-0.25, -0.2) is 8.42 Å². The van der Waals surface area contributed by atoms with Gasteiger partial charge in [0.15, 0.2) is 0 Å². The Balaban J connectivity index is 2.23. The first-order chi connectivity index (χ1) is 9.75. The van der Waals surface area contributed by atoms with E-state index in [9.17, 15) is 13.2 Å². The van der Waals surface area contributed by atoms with Crippen molar-refractivity contribution in [1.82, 2.24) is 4.72 Å². The van der Waals surface area contributed by atoms with Gasteiger partial charge in [-0.05, 0) is 44.5 Å². The maximum atomic E-state index is 12.2. The van der Waals surface area contributed by atoms with Gasteiger partial charge in [0.1, 0.15) is 5.54 Å². The SMILES string of the molecule is CC(C)(C#N)NS(=O)(=O)c1ccc(N2CCCC2=O)cc1. The summed E-state index contributed by atoms with van der Waals surface area (Å²) in [5.41, 5.74) is -0.487. The van der Waals surface area contributed by atoms with Crippen molar-refractivity contribution in [2.45, 2.75) is 37.1 Å². The minimum Gasteiger partial charge on any atom is -0.312 e. The molecule has 1 aromatic rings. The molecule has 6 nitrogen and oxygen atoms in total. The maximum Gasteiger partial charge on any atom is 0.241 e. The van der Waals surface area contributed by atoms with E-state index < -0.39 is 15.6 Å². The molecule has 1 saturated heterocycles. The molecule has 1 aliphatic rings. The van der Waals surface area contributed by atoms with Gasteiger partial charge in [0.2, 0.25) is 15.9 Å². The van der Waals surface area contributed by atoms with Crippen LogP contribution in [0.1, 0.15) is 26.7 Å². The van der Waals surface area contributed by atoms with Crippen LogP contribution in [0.2, 0.25) is 0 Å². The van der Waals surface area contributed by atoms with Crippen LogP contribution in [0.25, 0.3) is 0 Å². The third-order valence-electron chi connectivity index (χ3n) is 3.20. The summed E-state index contributed by atoms with van der Waals surface area (Å²) in [6, 6.07) is 7.98. The number of sulfonamides is 1. The molecule has 0 bridgehead atoms. The lowest BCUT2D eigenvalue weighted by Crippen LogP contribution is -2.41. The first-order valence-electron chi connectivity index (χ1n) is 6.61. The Morgan fingerprint density at radius 1 is 1.29 bits per heavy atom. The van der Waals surface area contributed by atoms with Crippen molar-refractivity contribution >= 4 is 21.6 Å². The predicted molar refractivity (Wildman–Crippen MR) is 78.0 cm³/mol. The zero-order valence-corrected chi connectivity index (χ0v) is 12.8. The van der Waals surface area contributed by atoms with Crippen molar-refractivity contribution in [3.63, 3.8) is 0 Å². The summed E-state index contributed by atoms with van der Waals surface area (Å²) in [5.74, 6) is 0.0503. The van der Waals surface area contributed by atoms with E-state index in [4.69, 9.17) is 5.26 Å². The number of carbonyl (C=O) groups excluding carboxylic acids is 1. The van der Waals surface area contributed by atoms with Crippen LogP contribution >= 0.6 is 0 Å². The van der Waals surface area contributed by atoms with Crippen molar-refractivity contribution in [2.24, 2.45) is 0 Å². The van der Waals surface area contributed by atoms with E-state index in [1.165, 1.54) is 26.0 Å². The molecule has 0 radical (unpaired) electrons. The highest BCUT2D eigenvalue weighted by atomic mass is 32.2. The Morgan fingerprint density at radius 2 is 1.90 bits per heavy atom.